The van der Waals surface area contributed by atoms with E-state index in [1.54, 1.807) is 0 Å². The van der Waals surface area contributed by atoms with Gasteiger partial charge >= 0.3 is 0 Å². The number of nitrogens with zero attached hydrogens (tertiary/aromatic N) is 1. The molecule has 0 aromatic heterocycles. The first-order chi connectivity index (χ1) is 17.2. The zero-order valence-corrected chi connectivity index (χ0v) is 23.9. The summed E-state index contributed by atoms with van der Waals surface area (Å²) in [5.74, 6) is 0. The van der Waals surface area contributed by atoms with Gasteiger partial charge in [0.05, 0.1) is 0 Å². The Labute approximate surface area is 217 Å². The minimum atomic E-state index is -0.118. The Hall–Kier alpha value is -0.280. The fourth-order valence-electron chi connectivity index (χ4n) is 4.33. The zero-order chi connectivity index (χ0) is 25.4. The predicted octanol–water partition coefficient (Wildman–Crippen LogP) is 6.02. The summed E-state index contributed by atoms with van der Waals surface area (Å²) in [7, 11) is -0.236. The highest BCUT2D eigenvalue weighted by Gasteiger charge is 2.18. The third kappa shape index (κ3) is 17.7. The highest BCUT2D eigenvalue weighted by atomic mass is 31.1. The Morgan fingerprint density at radius 1 is 0.457 bits per heavy atom. The van der Waals surface area contributed by atoms with Crippen LogP contribution in [0.4, 0.5) is 5.69 Å². The Bertz CT molecular complexity index is 513. The van der Waals surface area contributed by atoms with Crippen LogP contribution in [-0.4, -0.2) is 84.1 Å². The summed E-state index contributed by atoms with van der Waals surface area (Å²) in [5.41, 5.74) is 1.34. The normalized spacial score (nSPS) is 11.6. The van der Waals surface area contributed by atoms with Crippen molar-refractivity contribution in [2.45, 2.75) is 77.0 Å². The molecule has 0 spiro atoms. The monoisotopic (exact) mass is 529 g/mol. The van der Waals surface area contributed by atoms with Gasteiger partial charge in [-0.25, -0.2) is 0 Å². The highest BCUT2D eigenvalue weighted by molar-refractivity contribution is 7.58. The van der Waals surface area contributed by atoms with Crippen molar-refractivity contribution < 1.29 is 20.4 Å². The van der Waals surface area contributed by atoms with Gasteiger partial charge in [-0.3, -0.25) is 0 Å². The first-order valence-electron chi connectivity index (χ1n) is 13.9. The quantitative estimate of drug-likeness (QED) is 0.0919. The Kier molecular flexibility index (Phi) is 22.5. The van der Waals surface area contributed by atoms with E-state index in [-0.39, 0.29) is 15.8 Å². The fraction of sp³-hybridized carbons (Fsp3) is 0.786. The first kappa shape index (κ1) is 32.7. The van der Waals surface area contributed by atoms with Crippen LogP contribution in [0.2, 0.25) is 0 Å². The van der Waals surface area contributed by atoms with Gasteiger partial charge < -0.3 is 25.3 Å². The van der Waals surface area contributed by atoms with Crippen molar-refractivity contribution in [3.63, 3.8) is 0 Å². The van der Waals surface area contributed by atoms with Crippen LogP contribution in [0.25, 0.3) is 0 Å². The Balaban J connectivity index is 2.87. The number of aliphatic hydroxyl groups excluding tert-OH is 4. The molecule has 0 aliphatic heterocycles. The summed E-state index contributed by atoms with van der Waals surface area (Å²) in [6.07, 6.45) is 20.2. The van der Waals surface area contributed by atoms with E-state index in [4.69, 9.17) is 0 Å². The molecule has 0 atom stereocenters. The standard InChI is InChI=1S/C28H53NO4P2/c30-18-8-2-12-22-34(23-13-3-9-19-31)26-29(28-16-6-1-7-17-28)27-35(24-14-4-10-20-32)25-15-5-11-21-33/h1,6-7,16-17,30-33H,2-5,8-15,18-27H2. The van der Waals surface area contributed by atoms with Crippen molar-refractivity contribution in [1.82, 2.24) is 0 Å². The number of hydrogen-bond donors (Lipinski definition) is 4. The van der Waals surface area contributed by atoms with Crippen molar-refractivity contribution in [2.75, 3.05) is 68.5 Å². The largest absolute Gasteiger partial charge is 0.396 e. The van der Waals surface area contributed by atoms with Crippen LogP contribution in [0.3, 0.4) is 0 Å². The molecule has 0 radical (unpaired) electrons. The van der Waals surface area contributed by atoms with Crippen LogP contribution in [0.5, 0.6) is 0 Å². The minimum absolute atomic E-state index is 0.118. The van der Waals surface area contributed by atoms with Gasteiger partial charge in [-0.05, 0) is 88.1 Å². The third-order valence-electron chi connectivity index (χ3n) is 6.39. The average Bonchev–Trinajstić information content (AvgIpc) is 2.89. The molecule has 7 heteroatoms. The Morgan fingerprint density at radius 3 is 1.11 bits per heavy atom. The molecule has 0 saturated carbocycles. The van der Waals surface area contributed by atoms with E-state index in [2.05, 4.69) is 35.2 Å². The first-order valence-corrected chi connectivity index (χ1v) is 17.7. The Morgan fingerprint density at radius 2 is 0.800 bits per heavy atom. The molecule has 0 fully saturated rings. The summed E-state index contributed by atoms with van der Waals surface area (Å²) in [5, 5.41) is 36.7. The number of benzene rings is 1. The van der Waals surface area contributed by atoms with E-state index >= 15 is 0 Å². The van der Waals surface area contributed by atoms with Crippen LogP contribution >= 0.6 is 15.8 Å². The van der Waals surface area contributed by atoms with Crippen molar-refractivity contribution in [1.29, 1.82) is 0 Å². The molecular weight excluding hydrogens is 476 g/mol. The molecule has 1 aromatic rings. The average molecular weight is 530 g/mol. The second kappa shape index (κ2) is 24.1. The van der Waals surface area contributed by atoms with E-state index < -0.39 is 0 Å². The maximum Gasteiger partial charge on any atom is 0.0431 e. The SMILES string of the molecule is OCCCCCP(CCCCCO)CN(CP(CCCCCO)CCCCCO)c1ccccc1. The number of hydrogen-bond acceptors (Lipinski definition) is 5. The number of rotatable bonds is 25. The molecule has 0 saturated heterocycles. The van der Waals surface area contributed by atoms with E-state index in [0.29, 0.717) is 26.4 Å². The van der Waals surface area contributed by atoms with E-state index in [1.807, 2.05) is 0 Å². The minimum Gasteiger partial charge on any atom is -0.396 e. The molecule has 1 aromatic carbocycles. The van der Waals surface area contributed by atoms with Crippen LogP contribution in [0.15, 0.2) is 30.3 Å². The summed E-state index contributed by atoms with van der Waals surface area (Å²) in [4.78, 5) is 2.67. The van der Waals surface area contributed by atoms with Crippen molar-refractivity contribution in [3.8, 4) is 0 Å². The summed E-state index contributed by atoms with van der Waals surface area (Å²) < 4.78 is 0. The second-order valence-electron chi connectivity index (χ2n) is 9.53. The van der Waals surface area contributed by atoms with Gasteiger partial charge in [0.15, 0.2) is 0 Å². The van der Waals surface area contributed by atoms with Crippen LogP contribution < -0.4 is 4.90 Å². The van der Waals surface area contributed by atoms with Gasteiger partial charge in [0.25, 0.3) is 0 Å². The molecule has 4 N–H and O–H groups in total. The van der Waals surface area contributed by atoms with Gasteiger partial charge in [-0.1, -0.05) is 59.7 Å². The topological polar surface area (TPSA) is 84.2 Å². The van der Waals surface area contributed by atoms with Crippen LogP contribution in [0.1, 0.15) is 77.0 Å². The van der Waals surface area contributed by atoms with Crippen LogP contribution in [0, 0.1) is 0 Å². The lowest BCUT2D eigenvalue weighted by Crippen LogP contribution is -2.26. The number of anilines is 1. The molecular formula is C28H53NO4P2. The zero-order valence-electron chi connectivity index (χ0n) is 22.1. The molecule has 0 aliphatic rings. The fourth-order valence-corrected chi connectivity index (χ4v) is 9.68. The molecule has 1 rings (SSSR count). The van der Waals surface area contributed by atoms with Crippen molar-refractivity contribution in [2.24, 2.45) is 0 Å². The lowest BCUT2D eigenvalue weighted by atomic mass is 10.3. The molecule has 5 nitrogen and oxygen atoms in total. The van der Waals surface area contributed by atoms with E-state index in [1.165, 1.54) is 56.0 Å². The molecule has 35 heavy (non-hydrogen) atoms. The van der Waals surface area contributed by atoms with Gasteiger partial charge in [0, 0.05) is 44.7 Å². The molecule has 0 aliphatic carbocycles. The van der Waals surface area contributed by atoms with Crippen molar-refractivity contribution >= 4 is 21.5 Å². The number of unbranched alkanes of at least 4 members (excludes halogenated alkanes) is 8. The van der Waals surface area contributed by atoms with Gasteiger partial charge in [-0.2, -0.15) is 0 Å². The summed E-state index contributed by atoms with van der Waals surface area (Å²) in [6.45, 7) is 1.17. The lowest BCUT2D eigenvalue weighted by molar-refractivity contribution is 0.283. The van der Waals surface area contributed by atoms with Gasteiger partial charge in [0.2, 0.25) is 0 Å². The maximum atomic E-state index is 9.18. The lowest BCUT2D eigenvalue weighted by Gasteiger charge is -2.34. The van der Waals surface area contributed by atoms with Crippen molar-refractivity contribution in [3.05, 3.63) is 30.3 Å². The number of para-hydroxylation sites is 1. The molecule has 204 valence electrons. The molecule has 0 unspecified atom stereocenters. The molecule has 0 heterocycles. The molecule has 0 amide bonds. The highest BCUT2D eigenvalue weighted by Crippen LogP contribution is 2.45. The summed E-state index contributed by atoms with van der Waals surface area (Å²) >= 11 is 0. The van der Waals surface area contributed by atoms with E-state index in [0.717, 1.165) is 63.9 Å². The smallest absolute Gasteiger partial charge is 0.0431 e. The third-order valence-corrected chi connectivity index (χ3v) is 11.7. The second-order valence-corrected chi connectivity index (χ2v) is 14.6. The van der Waals surface area contributed by atoms with Gasteiger partial charge in [-0.15, -0.1) is 0 Å². The maximum absolute atomic E-state index is 9.18. The summed E-state index contributed by atoms with van der Waals surface area (Å²) in [6, 6.07) is 10.9. The van der Waals surface area contributed by atoms with Gasteiger partial charge in [0.1, 0.15) is 0 Å². The number of aliphatic hydroxyl groups is 4. The molecule has 0 bridgehead atoms. The van der Waals surface area contributed by atoms with E-state index in [9.17, 15) is 20.4 Å². The predicted molar refractivity (Wildman–Crippen MR) is 156 cm³/mol. The van der Waals surface area contributed by atoms with Crippen LogP contribution in [-0.2, 0) is 0 Å².